The molecule has 250 valence electrons. The number of ether oxygens (including phenoxy) is 2. The summed E-state index contributed by atoms with van der Waals surface area (Å²) in [6, 6.07) is 34.4. The number of fused-ring (bicyclic) bond motifs is 2. The fourth-order valence-corrected chi connectivity index (χ4v) is 9.52. The molecular formula is C41H39NO6S. The fourth-order valence-electron chi connectivity index (χ4n) is 7.67. The summed E-state index contributed by atoms with van der Waals surface area (Å²) in [6.07, 6.45) is 1.92. The maximum atomic E-state index is 14.9. The first-order valence-corrected chi connectivity index (χ1v) is 17.4. The summed E-state index contributed by atoms with van der Waals surface area (Å²) in [5.74, 6) is -4.12. The van der Waals surface area contributed by atoms with Crippen molar-refractivity contribution in [2.45, 2.75) is 62.4 Å². The molecule has 0 saturated carbocycles. The minimum Gasteiger partial charge on any atom is -0.457 e. The number of carbonyl (C=O) groups is 3. The van der Waals surface area contributed by atoms with Gasteiger partial charge in [-0.3, -0.25) is 9.59 Å². The first-order valence-electron chi connectivity index (χ1n) is 16.5. The molecule has 0 aromatic heterocycles. The van der Waals surface area contributed by atoms with E-state index in [1.165, 1.54) is 11.8 Å². The van der Waals surface area contributed by atoms with Crippen molar-refractivity contribution in [2.24, 2.45) is 11.3 Å². The second-order valence-electron chi connectivity index (χ2n) is 13.7. The number of β-lactam (4-membered cyclic amide) rings is 1. The lowest BCUT2D eigenvalue weighted by molar-refractivity contribution is -0.270. The zero-order chi connectivity index (χ0) is 34.4. The van der Waals surface area contributed by atoms with E-state index in [2.05, 4.69) is 0 Å². The molecule has 7 rings (SSSR count). The van der Waals surface area contributed by atoms with E-state index in [1.807, 2.05) is 99.6 Å². The van der Waals surface area contributed by atoms with Crippen molar-refractivity contribution in [2.75, 3.05) is 0 Å². The van der Waals surface area contributed by atoms with Gasteiger partial charge in [0.25, 0.3) is 0 Å². The van der Waals surface area contributed by atoms with E-state index >= 15 is 0 Å². The molecule has 0 bridgehead atoms. The number of Topliss-reactive ketones (excluding diaryl/α,β-unsaturated/α-hetero) is 1. The van der Waals surface area contributed by atoms with Crippen molar-refractivity contribution >= 4 is 29.4 Å². The average Bonchev–Trinajstić information content (AvgIpc) is 3.67. The van der Waals surface area contributed by atoms with Gasteiger partial charge in [0.15, 0.2) is 5.78 Å². The van der Waals surface area contributed by atoms with Crippen LogP contribution in [0.2, 0.25) is 0 Å². The van der Waals surface area contributed by atoms with Crippen molar-refractivity contribution in [1.29, 1.82) is 0 Å². The zero-order valence-corrected chi connectivity index (χ0v) is 28.6. The maximum absolute atomic E-state index is 14.9. The van der Waals surface area contributed by atoms with Crippen LogP contribution in [0.15, 0.2) is 127 Å². The number of amides is 1. The van der Waals surface area contributed by atoms with E-state index in [0.29, 0.717) is 11.1 Å². The normalized spacial score (nSPS) is 24.9. The van der Waals surface area contributed by atoms with Crippen LogP contribution < -0.4 is 0 Å². The SMILES string of the molecule is Cc1ccc(COC(=O)C2=CCC3(C(=O)N4[C@@H](C(O)(OCc5ccccc5)c5ccccc5)C(C)(C)S[C@@H]43)C2C(=O)c2ccccc2)cc1. The van der Waals surface area contributed by atoms with Crippen molar-refractivity contribution in [3.05, 3.63) is 155 Å². The van der Waals surface area contributed by atoms with Gasteiger partial charge < -0.3 is 19.5 Å². The van der Waals surface area contributed by atoms with Gasteiger partial charge in [0.2, 0.25) is 11.7 Å². The van der Waals surface area contributed by atoms with Crippen LogP contribution in [0.5, 0.6) is 0 Å². The Balaban J connectivity index is 1.24. The van der Waals surface area contributed by atoms with Crippen LogP contribution in [0.4, 0.5) is 0 Å². The minimum atomic E-state index is -1.87. The molecule has 0 radical (unpaired) electrons. The van der Waals surface area contributed by atoms with Crippen LogP contribution in [-0.2, 0) is 38.1 Å². The predicted octanol–water partition coefficient (Wildman–Crippen LogP) is 6.98. The standard InChI is InChI=1S/C41H39NO6S/c1-27-19-21-29(22-20-27)25-47-35(44)32-23-24-40(33(32)34(43)30-15-9-5-10-16-30)37(45)42-36(39(2,3)49-38(40)42)41(46,31-17-11-6-12-18-31)48-26-28-13-7-4-8-14-28/h4-23,33,36,38,46H,24-26H2,1-3H3/t33?,36-,38-,40?,41?/m1/s1. The molecular weight excluding hydrogens is 635 g/mol. The molecule has 2 heterocycles. The summed E-state index contributed by atoms with van der Waals surface area (Å²) in [6.45, 7) is 6.14. The summed E-state index contributed by atoms with van der Waals surface area (Å²) in [4.78, 5) is 44.8. The molecule has 1 spiro atoms. The number of ketones is 1. The van der Waals surface area contributed by atoms with Crippen molar-refractivity contribution in [3.8, 4) is 0 Å². The summed E-state index contributed by atoms with van der Waals surface area (Å²) in [5, 5.41) is 12.1. The number of allylic oxidation sites excluding steroid dienone is 1. The molecule has 3 aliphatic rings. The van der Waals surface area contributed by atoms with E-state index in [0.717, 1.165) is 16.7 Å². The Morgan fingerprint density at radius 3 is 2.10 bits per heavy atom. The summed E-state index contributed by atoms with van der Waals surface area (Å²) >= 11 is 1.54. The topological polar surface area (TPSA) is 93.1 Å². The summed E-state index contributed by atoms with van der Waals surface area (Å²) in [7, 11) is 0. The Bertz CT molecular complexity index is 1890. The van der Waals surface area contributed by atoms with Gasteiger partial charge in [-0.25, -0.2) is 4.79 Å². The Hall–Kier alpha value is -4.50. The lowest BCUT2D eigenvalue weighted by Gasteiger charge is -2.56. The van der Waals surface area contributed by atoms with Crippen LogP contribution in [0.1, 0.15) is 52.9 Å². The first kappa shape index (κ1) is 33.0. The average molecular weight is 674 g/mol. The highest BCUT2D eigenvalue weighted by Crippen LogP contribution is 2.68. The second kappa shape index (κ2) is 12.8. The lowest BCUT2D eigenvalue weighted by atomic mass is 9.64. The van der Waals surface area contributed by atoms with Gasteiger partial charge in [-0.05, 0) is 38.3 Å². The van der Waals surface area contributed by atoms with Gasteiger partial charge in [0.1, 0.15) is 12.6 Å². The zero-order valence-electron chi connectivity index (χ0n) is 27.7. The highest BCUT2D eigenvalue weighted by atomic mass is 32.2. The van der Waals surface area contributed by atoms with Gasteiger partial charge in [0.05, 0.1) is 23.3 Å². The van der Waals surface area contributed by atoms with Crippen molar-refractivity contribution in [3.63, 3.8) is 0 Å². The lowest BCUT2D eigenvalue weighted by Crippen LogP contribution is -2.73. The van der Waals surface area contributed by atoms with Crippen molar-refractivity contribution in [1.82, 2.24) is 4.90 Å². The third-order valence-corrected chi connectivity index (χ3v) is 11.8. The van der Waals surface area contributed by atoms with Crippen LogP contribution in [0.25, 0.3) is 0 Å². The first-order chi connectivity index (χ1) is 23.6. The highest BCUT2D eigenvalue weighted by molar-refractivity contribution is 8.01. The van der Waals surface area contributed by atoms with E-state index in [9.17, 15) is 19.5 Å². The fraction of sp³-hybridized carbons (Fsp3) is 0.293. The largest absolute Gasteiger partial charge is 0.457 e. The number of aryl methyl sites for hydroxylation is 1. The number of carbonyl (C=O) groups excluding carboxylic acids is 3. The number of thioether (sulfide) groups is 1. The quantitative estimate of drug-likeness (QED) is 0.0841. The van der Waals surface area contributed by atoms with Crippen LogP contribution in [0, 0.1) is 18.3 Å². The van der Waals surface area contributed by atoms with Crippen LogP contribution in [-0.4, -0.2) is 43.8 Å². The number of hydrogen-bond donors (Lipinski definition) is 1. The van der Waals surface area contributed by atoms with Gasteiger partial charge in [-0.1, -0.05) is 127 Å². The number of nitrogens with zero attached hydrogens (tertiary/aromatic N) is 1. The molecule has 1 aliphatic carbocycles. The molecule has 4 aromatic carbocycles. The molecule has 8 heteroatoms. The monoisotopic (exact) mass is 673 g/mol. The van der Waals surface area contributed by atoms with E-state index in [-0.39, 0.29) is 36.9 Å². The number of esters is 1. The van der Waals surface area contributed by atoms with Gasteiger partial charge in [-0.15, -0.1) is 11.8 Å². The molecule has 2 saturated heterocycles. The van der Waals surface area contributed by atoms with E-state index in [4.69, 9.17) is 9.47 Å². The number of benzene rings is 4. The molecule has 4 aromatic rings. The Morgan fingerprint density at radius 1 is 0.857 bits per heavy atom. The molecule has 5 atom stereocenters. The second-order valence-corrected chi connectivity index (χ2v) is 15.4. The predicted molar refractivity (Wildman–Crippen MR) is 188 cm³/mol. The maximum Gasteiger partial charge on any atom is 0.334 e. The number of rotatable bonds is 10. The van der Waals surface area contributed by atoms with E-state index in [1.54, 1.807) is 47.4 Å². The van der Waals surface area contributed by atoms with Crippen LogP contribution in [0.3, 0.4) is 0 Å². The molecule has 7 nitrogen and oxygen atoms in total. The number of aliphatic hydroxyl groups is 1. The smallest absolute Gasteiger partial charge is 0.334 e. The molecule has 1 amide bonds. The van der Waals surface area contributed by atoms with Gasteiger partial charge in [0, 0.05) is 21.4 Å². The van der Waals surface area contributed by atoms with Gasteiger partial charge in [-0.2, -0.15) is 0 Å². The Labute approximate surface area is 290 Å². The van der Waals surface area contributed by atoms with Gasteiger partial charge >= 0.3 is 5.97 Å². The third kappa shape index (κ3) is 5.62. The molecule has 3 unspecified atom stereocenters. The summed E-state index contributed by atoms with van der Waals surface area (Å²) in [5.41, 5.74) is 2.73. The van der Waals surface area contributed by atoms with Crippen molar-refractivity contribution < 1.29 is 29.0 Å². The number of hydrogen-bond acceptors (Lipinski definition) is 7. The molecule has 1 N–H and O–H groups in total. The molecule has 2 aliphatic heterocycles. The molecule has 2 fully saturated rings. The van der Waals surface area contributed by atoms with Crippen LogP contribution >= 0.6 is 11.8 Å². The molecule has 49 heavy (non-hydrogen) atoms. The minimum absolute atomic E-state index is 0.0475. The van der Waals surface area contributed by atoms with E-state index < -0.39 is 39.3 Å². The summed E-state index contributed by atoms with van der Waals surface area (Å²) < 4.78 is 11.5. The Kier molecular flexibility index (Phi) is 8.59. The Morgan fingerprint density at radius 2 is 1.45 bits per heavy atom. The third-order valence-electron chi connectivity index (χ3n) is 10.1. The highest BCUT2D eigenvalue weighted by Gasteiger charge is 2.77.